The second-order valence-electron chi connectivity index (χ2n) is 9.68. The highest BCUT2D eigenvalue weighted by molar-refractivity contribution is 6.23. The van der Waals surface area contributed by atoms with Gasteiger partial charge in [0.05, 0.1) is 11.6 Å². The number of anilines is 1. The molecule has 3 aromatic rings. The number of hydrogen-bond donors (Lipinski definition) is 0. The molecule has 2 heterocycles. The first-order chi connectivity index (χ1) is 15.7. The lowest BCUT2D eigenvalue weighted by atomic mass is 9.66. The molecule has 0 spiro atoms. The summed E-state index contributed by atoms with van der Waals surface area (Å²) >= 11 is 0. The van der Waals surface area contributed by atoms with Gasteiger partial charge >= 0.3 is 5.97 Å². The lowest BCUT2D eigenvalue weighted by Crippen LogP contribution is -2.46. The van der Waals surface area contributed by atoms with Gasteiger partial charge in [0.2, 0.25) is 11.8 Å². The summed E-state index contributed by atoms with van der Waals surface area (Å²) in [6, 6.07) is 23.8. The summed E-state index contributed by atoms with van der Waals surface area (Å²) in [5, 5.41) is 0. The maximum atomic E-state index is 13.8. The highest BCUT2D eigenvalue weighted by atomic mass is 16.5. The van der Waals surface area contributed by atoms with Gasteiger partial charge in [0.1, 0.15) is 11.2 Å². The molecule has 2 aliphatic rings. The van der Waals surface area contributed by atoms with E-state index in [9.17, 15) is 14.4 Å². The van der Waals surface area contributed by atoms with Crippen molar-refractivity contribution in [2.24, 2.45) is 5.92 Å². The van der Waals surface area contributed by atoms with E-state index in [1.165, 1.54) is 4.90 Å². The van der Waals surface area contributed by atoms with Crippen LogP contribution in [0.2, 0.25) is 0 Å². The zero-order chi connectivity index (χ0) is 23.4. The molecule has 2 amide bonds. The van der Waals surface area contributed by atoms with Crippen LogP contribution in [0.25, 0.3) is 0 Å². The van der Waals surface area contributed by atoms with Gasteiger partial charge in [-0.05, 0) is 34.7 Å². The standard InChI is InChI=1S/C28H25NO4/c1-27(2,3)18-13-15-20(16-14-18)29-24(30)17-22(25(29)31)28(19-9-5-4-6-10-19)21-11-7-8-12-23(21)33-26(28)32/h4-16,22H,17H2,1-3H3/t22-,28+/m1/s1. The van der Waals surface area contributed by atoms with Crippen LogP contribution in [0.15, 0.2) is 78.9 Å². The average Bonchev–Trinajstić information content (AvgIpc) is 3.26. The summed E-state index contributed by atoms with van der Waals surface area (Å²) in [7, 11) is 0. The SMILES string of the molecule is CC(C)(C)c1ccc(N2C(=O)C[C@@H]([C@@]3(c4ccccc4)C(=O)Oc4ccccc43)C2=O)cc1. The lowest BCUT2D eigenvalue weighted by Gasteiger charge is -2.31. The van der Waals surface area contributed by atoms with Crippen LogP contribution in [0.1, 0.15) is 43.9 Å². The Balaban J connectivity index is 1.62. The van der Waals surface area contributed by atoms with E-state index < -0.39 is 17.3 Å². The predicted molar refractivity (Wildman–Crippen MR) is 125 cm³/mol. The predicted octanol–water partition coefficient (Wildman–Crippen LogP) is 4.77. The number of imide groups is 1. The molecule has 166 valence electrons. The number of benzene rings is 3. The van der Waals surface area contributed by atoms with Crippen molar-refractivity contribution in [3.05, 3.63) is 95.6 Å². The Kier molecular flexibility index (Phi) is 4.74. The van der Waals surface area contributed by atoms with Gasteiger partial charge in [-0.3, -0.25) is 19.3 Å². The molecule has 2 aliphatic heterocycles. The Morgan fingerprint density at radius 1 is 0.848 bits per heavy atom. The maximum Gasteiger partial charge on any atom is 0.327 e. The Morgan fingerprint density at radius 3 is 2.15 bits per heavy atom. The first-order valence-corrected chi connectivity index (χ1v) is 11.1. The molecule has 33 heavy (non-hydrogen) atoms. The lowest BCUT2D eigenvalue weighted by molar-refractivity contribution is -0.141. The number of rotatable bonds is 3. The summed E-state index contributed by atoms with van der Waals surface area (Å²) in [6.45, 7) is 6.32. The van der Waals surface area contributed by atoms with E-state index in [2.05, 4.69) is 20.8 Å². The van der Waals surface area contributed by atoms with Crippen molar-refractivity contribution >= 4 is 23.5 Å². The zero-order valence-corrected chi connectivity index (χ0v) is 18.9. The van der Waals surface area contributed by atoms with Crippen LogP contribution >= 0.6 is 0 Å². The first-order valence-electron chi connectivity index (χ1n) is 11.1. The van der Waals surface area contributed by atoms with Gasteiger partial charge in [-0.15, -0.1) is 0 Å². The monoisotopic (exact) mass is 439 g/mol. The van der Waals surface area contributed by atoms with Crippen LogP contribution in [0.3, 0.4) is 0 Å². The minimum absolute atomic E-state index is 0.0468. The van der Waals surface area contributed by atoms with Crippen molar-refractivity contribution in [2.75, 3.05) is 4.90 Å². The Hall–Kier alpha value is -3.73. The molecule has 0 unspecified atom stereocenters. The third-order valence-electron chi connectivity index (χ3n) is 6.73. The molecule has 0 saturated carbocycles. The van der Waals surface area contributed by atoms with Gasteiger partial charge in [0.25, 0.3) is 0 Å². The van der Waals surface area contributed by atoms with Gasteiger partial charge in [0.15, 0.2) is 0 Å². The Labute approximate surface area is 193 Å². The van der Waals surface area contributed by atoms with E-state index >= 15 is 0 Å². The fourth-order valence-electron chi connectivity index (χ4n) is 5.03. The summed E-state index contributed by atoms with van der Waals surface area (Å²) in [4.78, 5) is 41.7. The van der Waals surface area contributed by atoms with Gasteiger partial charge in [-0.1, -0.05) is 81.4 Å². The molecule has 0 bridgehead atoms. The van der Waals surface area contributed by atoms with Crippen molar-refractivity contribution < 1.29 is 19.1 Å². The minimum atomic E-state index is -1.37. The average molecular weight is 440 g/mol. The molecule has 2 atom stereocenters. The summed E-state index contributed by atoms with van der Waals surface area (Å²) in [5.41, 5.74) is 1.48. The fourth-order valence-corrected chi connectivity index (χ4v) is 5.03. The van der Waals surface area contributed by atoms with Crippen LogP contribution in [0, 0.1) is 5.92 Å². The maximum absolute atomic E-state index is 13.8. The van der Waals surface area contributed by atoms with Crippen LogP contribution in [0.5, 0.6) is 5.75 Å². The summed E-state index contributed by atoms with van der Waals surface area (Å²) < 4.78 is 5.65. The summed E-state index contributed by atoms with van der Waals surface area (Å²) in [5.74, 6) is -1.70. The zero-order valence-electron chi connectivity index (χ0n) is 18.9. The number of hydrogen-bond acceptors (Lipinski definition) is 4. The molecule has 1 fully saturated rings. The van der Waals surface area contributed by atoms with Crippen molar-refractivity contribution in [3.8, 4) is 5.75 Å². The second kappa shape index (κ2) is 7.41. The number of para-hydroxylation sites is 1. The minimum Gasteiger partial charge on any atom is -0.425 e. The molecular weight excluding hydrogens is 414 g/mol. The van der Waals surface area contributed by atoms with E-state index in [1.54, 1.807) is 24.3 Å². The third-order valence-corrected chi connectivity index (χ3v) is 6.73. The van der Waals surface area contributed by atoms with E-state index in [0.717, 1.165) is 5.56 Å². The first kappa shape index (κ1) is 21.1. The quantitative estimate of drug-likeness (QED) is 0.335. The highest BCUT2D eigenvalue weighted by Gasteiger charge is 2.62. The fraction of sp³-hybridized carbons (Fsp3) is 0.250. The third kappa shape index (κ3) is 3.10. The normalized spacial score (nSPS) is 22.5. The van der Waals surface area contributed by atoms with Crippen LogP contribution in [0.4, 0.5) is 5.69 Å². The van der Waals surface area contributed by atoms with E-state index in [0.29, 0.717) is 22.6 Å². The number of amides is 2. The number of ether oxygens (including phenoxy) is 1. The Bertz CT molecular complexity index is 1260. The number of nitrogens with zero attached hydrogens (tertiary/aromatic N) is 1. The van der Waals surface area contributed by atoms with Crippen LogP contribution in [-0.4, -0.2) is 17.8 Å². The molecule has 5 nitrogen and oxygen atoms in total. The van der Waals surface area contributed by atoms with Crippen LogP contribution in [-0.2, 0) is 25.2 Å². The molecule has 5 rings (SSSR count). The number of carbonyl (C=O) groups excluding carboxylic acids is 3. The smallest absolute Gasteiger partial charge is 0.327 e. The van der Waals surface area contributed by atoms with E-state index in [4.69, 9.17) is 4.74 Å². The van der Waals surface area contributed by atoms with Crippen LogP contribution < -0.4 is 9.64 Å². The second-order valence-corrected chi connectivity index (χ2v) is 9.68. The van der Waals surface area contributed by atoms with Crippen molar-refractivity contribution in [1.29, 1.82) is 0 Å². The Morgan fingerprint density at radius 2 is 1.48 bits per heavy atom. The topological polar surface area (TPSA) is 63.7 Å². The molecule has 0 radical (unpaired) electrons. The molecule has 0 aliphatic carbocycles. The molecule has 3 aromatic carbocycles. The van der Waals surface area contributed by atoms with E-state index in [1.807, 2.05) is 54.6 Å². The largest absolute Gasteiger partial charge is 0.425 e. The number of esters is 1. The molecule has 5 heteroatoms. The molecule has 0 N–H and O–H groups in total. The van der Waals surface area contributed by atoms with Gasteiger partial charge in [-0.2, -0.15) is 0 Å². The van der Waals surface area contributed by atoms with Crippen molar-refractivity contribution in [2.45, 2.75) is 38.0 Å². The summed E-state index contributed by atoms with van der Waals surface area (Å²) in [6.07, 6.45) is -0.0712. The van der Waals surface area contributed by atoms with E-state index in [-0.39, 0.29) is 23.7 Å². The van der Waals surface area contributed by atoms with Crippen molar-refractivity contribution in [3.63, 3.8) is 0 Å². The highest BCUT2D eigenvalue weighted by Crippen LogP contribution is 2.52. The van der Waals surface area contributed by atoms with Crippen molar-refractivity contribution in [1.82, 2.24) is 0 Å². The van der Waals surface area contributed by atoms with Gasteiger partial charge < -0.3 is 4.74 Å². The number of fused-ring (bicyclic) bond motifs is 1. The molecule has 0 aromatic heterocycles. The van der Waals surface area contributed by atoms with Gasteiger partial charge in [0, 0.05) is 12.0 Å². The molecule has 1 saturated heterocycles. The number of carbonyl (C=O) groups is 3. The van der Waals surface area contributed by atoms with Gasteiger partial charge in [-0.25, -0.2) is 0 Å². The molecular formula is C28H25NO4.